The number of aromatic nitrogens is 1. The van der Waals surface area contributed by atoms with Gasteiger partial charge in [0.15, 0.2) is 5.13 Å². The first-order valence-corrected chi connectivity index (χ1v) is 6.14. The van der Waals surface area contributed by atoms with Gasteiger partial charge in [0.1, 0.15) is 0 Å². The Hall–Kier alpha value is -0.790. The van der Waals surface area contributed by atoms with Crippen molar-refractivity contribution in [1.29, 1.82) is 0 Å². The molecule has 1 aromatic rings. The minimum absolute atomic E-state index is 0.288. The fraction of sp³-hybridized carbons (Fsp3) is 0.700. The van der Waals surface area contributed by atoms with Crippen molar-refractivity contribution in [2.24, 2.45) is 0 Å². The number of nitrogens with one attached hydrogen (secondary N) is 1. The van der Waals surface area contributed by atoms with Gasteiger partial charge in [-0.2, -0.15) is 0 Å². The number of ether oxygens (including phenoxy) is 1. The number of thiazole rings is 1. The molecule has 4 nitrogen and oxygen atoms in total. The molecule has 1 aromatic heterocycles. The van der Waals surface area contributed by atoms with Gasteiger partial charge in [-0.05, 0) is 0 Å². The number of nitrogens with zero attached hydrogens (tertiary/aromatic N) is 2. The number of anilines is 1. The van der Waals surface area contributed by atoms with E-state index in [1.54, 1.807) is 14.2 Å². The lowest BCUT2D eigenvalue weighted by atomic mass is 10.5. The summed E-state index contributed by atoms with van der Waals surface area (Å²) >= 11 is 1.37. The van der Waals surface area contributed by atoms with Crippen molar-refractivity contribution >= 4 is 16.5 Å². The van der Waals surface area contributed by atoms with Gasteiger partial charge in [-0.25, -0.2) is 13.8 Å². The Balaban J connectivity index is 2.36. The van der Waals surface area contributed by atoms with E-state index in [9.17, 15) is 8.78 Å². The van der Waals surface area contributed by atoms with Gasteiger partial charge in [0.05, 0.1) is 18.8 Å². The average molecular weight is 265 g/mol. The summed E-state index contributed by atoms with van der Waals surface area (Å²) in [5.41, 5.74) is 0.863. The quantitative estimate of drug-likeness (QED) is 0.724. The van der Waals surface area contributed by atoms with Crippen molar-refractivity contribution in [1.82, 2.24) is 10.3 Å². The highest BCUT2D eigenvalue weighted by Gasteiger charge is 2.11. The molecule has 0 saturated heterocycles. The summed E-state index contributed by atoms with van der Waals surface area (Å²) in [5, 5.41) is 5.64. The molecule has 1 N–H and O–H groups in total. The molecule has 0 atom stereocenters. The molecule has 0 aliphatic heterocycles. The van der Waals surface area contributed by atoms with Crippen molar-refractivity contribution in [3.8, 4) is 0 Å². The highest BCUT2D eigenvalue weighted by molar-refractivity contribution is 7.13. The lowest BCUT2D eigenvalue weighted by Gasteiger charge is -2.14. The Morgan fingerprint density at radius 3 is 3.00 bits per heavy atom. The number of hydrogen-bond acceptors (Lipinski definition) is 5. The number of alkyl halides is 2. The van der Waals surface area contributed by atoms with Gasteiger partial charge >= 0.3 is 0 Å². The lowest BCUT2D eigenvalue weighted by Crippen LogP contribution is -2.24. The van der Waals surface area contributed by atoms with Crippen LogP contribution in [-0.4, -0.2) is 45.3 Å². The molecule has 98 valence electrons. The Bertz CT molecular complexity index is 322. The Labute approximate surface area is 104 Å². The molecule has 0 aliphatic carbocycles. The third-order valence-electron chi connectivity index (χ3n) is 2.07. The second-order valence-electron chi connectivity index (χ2n) is 3.56. The SMILES string of the molecule is COCCNCc1csc(N(C)CC(F)F)n1. The van der Waals surface area contributed by atoms with Crippen molar-refractivity contribution in [3.05, 3.63) is 11.1 Å². The Kier molecular flexibility index (Phi) is 6.31. The fourth-order valence-corrected chi connectivity index (χ4v) is 2.03. The monoisotopic (exact) mass is 265 g/mol. The van der Waals surface area contributed by atoms with Gasteiger partial charge < -0.3 is 15.0 Å². The van der Waals surface area contributed by atoms with Crippen LogP contribution in [0.4, 0.5) is 13.9 Å². The first kappa shape index (κ1) is 14.3. The van der Waals surface area contributed by atoms with Gasteiger partial charge in [-0.3, -0.25) is 0 Å². The largest absolute Gasteiger partial charge is 0.383 e. The molecule has 0 unspecified atom stereocenters. The van der Waals surface area contributed by atoms with Crippen LogP contribution in [0.2, 0.25) is 0 Å². The highest BCUT2D eigenvalue weighted by atomic mass is 32.1. The molecule has 0 fully saturated rings. The zero-order chi connectivity index (χ0) is 12.7. The second kappa shape index (κ2) is 7.52. The third kappa shape index (κ3) is 5.38. The highest BCUT2D eigenvalue weighted by Crippen LogP contribution is 2.19. The van der Waals surface area contributed by atoms with Crippen molar-refractivity contribution in [2.75, 3.05) is 38.8 Å². The van der Waals surface area contributed by atoms with E-state index in [4.69, 9.17) is 4.74 Å². The zero-order valence-electron chi connectivity index (χ0n) is 9.95. The lowest BCUT2D eigenvalue weighted by molar-refractivity contribution is 0.156. The Morgan fingerprint density at radius 2 is 2.35 bits per heavy atom. The van der Waals surface area contributed by atoms with Crippen LogP contribution < -0.4 is 10.2 Å². The molecule has 0 aliphatic rings. The minimum Gasteiger partial charge on any atom is -0.383 e. The van der Waals surface area contributed by atoms with E-state index in [-0.39, 0.29) is 6.54 Å². The van der Waals surface area contributed by atoms with Crippen LogP contribution in [0.3, 0.4) is 0 Å². The summed E-state index contributed by atoms with van der Waals surface area (Å²) in [6.45, 7) is 1.73. The zero-order valence-corrected chi connectivity index (χ0v) is 10.8. The van der Waals surface area contributed by atoms with Crippen molar-refractivity contribution < 1.29 is 13.5 Å². The minimum atomic E-state index is -2.34. The molecular weight excluding hydrogens is 248 g/mol. The topological polar surface area (TPSA) is 37.4 Å². The van der Waals surface area contributed by atoms with Crippen molar-refractivity contribution in [3.63, 3.8) is 0 Å². The predicted molar refractivity (Wildman–Crippen MR) is 65.0 cm³/mol. The van der Waals surface area contributed by atoms with Crippen LogP contribution in [0, 0.1) is 0 Å². The summed E-state index contributed by atoms with van der Waals surface area (Å²) in [6, 6.07) is 0. The molecule has 17 heavy (non-hydrogen) atoms. The first-order chi connectivity index (χ1) is 8.13. The van der Waals surface area contributed by atoms with Crippen LogP contribution in [0.1, 0.15) is 5.69 Å². The van der Waals surface area contributed by atoms with Gasteiger partial charge in [0, 0.05) is 32.6 Å². The molecule has 0 amide bonds. The molecule has 0 saturated carbocycles. The summed E-state index contributed by atoms with van der Waals surface area (Å²) < 4.78 is 29.2. The van der Waals surface area contributed by atoms with E-state index in [0.717, 1.165) is 12.2 Å². The van der Waals surface area contributed by atoms with Crippen LogP contribution in [-0.2, 0) is 11.3 Å². The van der Waals surface area contributed by atoms with Gasteiger partial charge in [0.2, 0.25) is 0 Å². The Morgan fingerprint density at radius 1 is 1.59 bits per heavy atom. The summed E-state index contributed by atoms with van der Waals surface area (Å²) in [5.74, 6) is 0. The van der Waals surface area contributed by atoms with Crippen LogP contribution in [0.5, 0.6) is 0 Å². The maximum absolute atomic E-state index is 12.2. The van der Waals surface area contributed by atoms with Crippen molar-refractivity contribution in [2.45, 2.75) is 13.0 Å². The van der Waals surface area contributed by atoms with Crippen LogP contribution in [0.25, 0.3) is 0 Å². The maximum Gasteiger partial charge on any atom is 0.255 e. The van der Waals surface area contributed by atoms with E-state index >= 15 is 0 Å². The first-order valence-electron chi connectivity index (χ1n) is 5.27. The standard InChI is InChI=1S/C10H17F2N3OS/c1-15(6-9(11)12)10-14-8(7-17-10)5-13-3-4-16-2/h7,9,13H,3-6H2,1-2H3. The van der Waals surface area contributed by atoms with Crippen LogP contribution in [0.15, 0.2) is 5.38 Å². The van der Waals surface area contributed by atoms with Gasteiger partial charge in [-0.1, -0.05) is 0 Å². The van der Waals surface area contributed by atoms with Gasteiger partial charge in [-0.15, -0.1) is 11.3 Å². The van der Waals surface area contributed by atoms with E-state index < -0.39 is 6.43 Å². The number of rotatable bonds is 8. The molecule has 1 rings (SSSR count). The maximum atomic E-state index is 12.2. The van der Waals surface area contributed by atoms with E-state index in [2.05, 4.69) is 10.3 Å². The van der Waals surface area contributed by atoms with E-state index in [1.807, 2.05) is 5.38 Å². The number of methoxy groups -OCH3 is 1. The normalized spacial score (nSPS) is 11.1. The summed E-state index contributed by atoms with van der Waals surface area (Å²) in [7, 11) is 3.26. The van der Waals surface area contributed by atoms with Gasteiger partial charge in [0.25, 0.3) is 6.43 Å². The molecule has 0 aromatic carbocycles. The molecule has 0 bridgehead atoms. The predicted octanol–water partition coefficient (Wildman–Crippen LogP) is 1.58. The second-order valence-corrected chi connectivity index (χ2v) is 4.40. The summed E-state index contributed by atoms with van der Waals surface area (Å²) in [4.78, 5) is 5.73. The van der Waals surface area contributed by atoms with Crippen LogP contribution >= 0.6 is 11.3 Å². The molecular formula is C10H17F2N3OS. The smallest absolute Gasteiger partial charge is 0.255 e. The number of halogens is 2. The number of hydrogen-bond donors (Lipinski definition) is 1. The molecule has 1 heterocycles. The molecule has 0 radical (unpaired) electrons. The average Bonchev–Trinajstić information content (AvgIpc) is 2.72. The molecule has 0 spiro atoms. The fourth-order valence-electron chi connectivity index (χ4n) is 1.23. The van der Waals surface area contributed by atoms with E-state index in [0.29, 0.717) is 18.3 Å². The molecule has 7 heteroatoms. The van der Waals surface area contributed by atoms with E-state index in [1.165, 1.54) is 16.2 Å². The third-order valence-corrected chi connectivity index (χ3v) is 3.07. The summed E-state index contributed by atoms with van der Waals surface area (Å²) in [6.07, 6.45) is -2.34.